The first-order chi connectivity index (χ1) is 12.4. The fourth-order valence-electron chi connectivity index (χ4n) is 2.55. The average Bonchev–Trinajstić information content (AvgIpc) is 2.61. The molecule has 2 aromatic rings. The van der Waals surface area contributed by atoms with Crippen molar-refractivity contribution in [1.29, 1.82) is 0 Å². The number of ether oxygens (including phenoxy) is 1. The van der Waals surface area contributed by atoms with Crippen LogP contribution in [0.5, 0.6) is 0 Å². The van der Waals surface area contributed by atoms with E-state index >= 15 is 0 Å². The molecule has 0 aliphatic heterocycles. The maximum absolute atomic E-state index is 13.8. The number of carbonyl (C=O) groups is 2. The molecule has 2 aromatic carbocycles. The minimum absolute atomic E-state index is 0.0816. The van der Waals surface area contributed by atoms with E-state index in [4.69, 9.17) is 11.6 Å². The predicted octanol–water partition coefficient (Wildman–Crippen LogP) is 4.14. The number of esters is 1. The molecule has 2 rings (SSSR count). The Labute approximate surface area is 156 Å². The lowest BCUT2D eigenvalue weighted by Crippen LogP contribution is -2.40. The second-order valence-corrected chi connectivity index (χ2v) is 6.12. The highest BCUT2D eigenvalue weighted by Gasteiger charge is 2.22. The number of carbonyl (C=O) groups excluding carboxylic acids is 2. The van der Waals surface area contributed by atoms with Crippen molar-refractivity contribution >= 4 is 23.6 Å². The molecule has 0 saturated carbocycles. The standard InChI is InChI=1S/C19H20ClFN2O3/c1-12(13-7-4-6-10-16(13)21)22-19(25)23-17(11-18(24)26-2)14-8-3-5-9-15(14)20/h3-10,12,17H,11H2,1-2H3,(H2,22,23,25)/t12-,17-/m0/s1. The van der Waals surface area contributed by atoms with Crippen molar-refractivity contribution in [3.63, 3.8) is 0 Å². The quantitative estimate of drug-likeness (QED) is 0.742. The van der Waals surface area contributed by atoms with Gasteiger partial charge in [0.1, 0.15) is 5.82 Å². The maximum atomic E-state index is 13.8. The Morgan fingerprint density at radius 3 is 2.31 bits per heavy atom. The Morgan fingerprint density at radius 2 is 1.69 bits per heavy atom. The molecular formula is C19H20ClFN2O3. The number of nitrogens with one attached hydrogen (secondary N) is 2. The zero-order valence-corrected chi connectivity index (χ0v) is 15.2. The molecule has 0 heterocycles. The summed E-state index contributed by atoms with van der Waals surface area (Å²) in [6.07, 6.45) is -0.0816. The third kappa shape index (κ3) is 5.20. The van der Waals surface area contributed by atoms with E-state index in [-0.39, 0.29) is 6.42 Å². The number of rotatable bonds is 6. The number of halogens is 2. The molecule has 0 saturated heterocycles. The maximum Gasteiger partial charge on any atom is 0.315 e. The molecule has 0 aliphatic carbocycles. The second kappa shape index (κ2) is 9.20. The van der Waals surface area contributed by atoms with Crippen molar-refractivity contribution in [3.8, 4) is 0 Å². The van der Waals surface area contributed by atoms with Gasteiger partial charge in [-0.2, -0.15) is 0 Å². The Bertz CT molecular complexity index is 785. The molecule has 0 unspecified atom stereocenters. The van der Waals surface area contributed by atoms with Crippen molar-refractivity contribution in [2.45, 2.75) is 25.4 Å². The van der Waals surface area contributed by atoms with Gasteiger partial charge in [0, 0.05) is 10.6 Å². The van der Waals surface area contributed by atoms with Gasteiger partial charge >= 0.3 is 12.0 Å². The summed E-state index contributed by atoms with van der Waals surface area (Å²) in [7, 11) is 1.27. The van der Waals surface area contributed by atoms with Crippen LogP contribution in [-0.2, 0) is 9.53 Å². The normalized spacial score (nSPS) is 12.8. The highest BCUT2D eigenvalue weighted by molar-refractivity contribution is 6.31. The van der Waals surface area contributed by atoms with Crippen LogP contribution in [0.25, 0.3) is 0 Å². The summed E-state index contributed by atoms with van der Waals surface area (Å²) in [5.74, 6) is -0.894. The molecule has 5 nitrogen and oxygen atoms in total. The Morgan fingerprint density at radius 1 is 1.08 bits per heavy atom. The van der Waals surface area contributed by atoms with Crippen LogP contribution in [0.2, 0.25) is 5.02 Å². The number of methoxy groups -OCH3 is 1. The summed E-state index contributed by atoms with van der Waals surface area (Å²) in [6.45, 7) is 1.67. The number of benzene rings is 2. The average molecular weight is 379 g/mol. The van der Waals surface area contributed by atoms with E-state index in [2.05, 4.69) is 15.4 Å². The van der Waals surface area contributed by atoms with E-state index in [1.54, 1.807) is 49.4 Å². The Kier molecular flexibility index (Phi) is 6.97. The van der Waals surface area contributed by atoms with E-state index < -0.39 is 29.9 Å². The van der Waals surface area contributed by atoms with Crippen LogP contribution in [0.3, 0.4) is 0 Å². The highest BCUT2D eigenvalue weighted by atomic mass is 35.5. The molecule has 0 bridgehead atoms. The molecule has 0 aliphatic rings. The third-order valence-corrected chi connectivity index (χ3v) is 4.25. The first-order valence-electron chi connectivity index (χ1n) is 8.05. The van der Waals surface area contributed by atoms with Gasteiger partial charge < -0.3 is 15.4 Å². The van der Waals surface area contributed by atoms with Gasteiger partial charge in [-0.15, -0.1) is 0 Å². The number of amides is 2. The zero-order chi connectivity index (χ0) is 19.1. The molecule has 0 aromatic heterocycles. The topological polar surface area (TPSA) is 67.4 Å². The third-order valence-electron chi connectivity index (χ3n) is 3.90. The summed E-state index contributed by atoms with van der Waals surface area (Å²) < 4.78 is 18.5. The van der Waals surface area contributed by atoms with Gasteiger partial charge in [-0.05, 0) is 24.6 Å². The van der Waals surface area contributed by atoms with Crippen LogP contribution in [0, 0.1) is 5.82 Å². The molecule has 0 radical (unpaired) electrons. The summed E-state index contributed by atoms with van der Waals surface area (Å²) in [6, 6.07) is 11.3. The molecule has 26 heavy (non-hydrogen) atoms. The zero-order valence-electron chi connectivity index (χ0n) is 14.5. The van der Waals surface area contributed by atoms with Gasteiger partial charge in [0.15, 0.2) is 0 Å². The van der Waals surface area contributed by atoms with Crippen molar-refractivity contribution in [2.24, 2.45) is 0 Å². The van der Waals surface area contributed by atoms with Crippen LogP contribution in [-0.4, -0.2) is 19.1 Å². The molecule has 7 heteroatoms. The number of hydrogen-bond donors (Lipinski definition) is 2. The van der Waals surface area contributed by atoms with Crippen LogP contribution in [0.1, 0.15) is 36.6 Å². The van der Waals surface area contributed by atoms with Crippen molar-refractivity contribution in [2.75, 3.05) is 7.11 Å². The molecule has 138 valence electrons. The molecule has 0 spiro atoms. The van der Waals surface area contributed by atoms with E-state index in [0.717, 1.165) is 0 Å². The molecule has 2 N–H and O–H groups in total. The first-order valence-corrected chi connectivity index (χ1v) is 8.43. The fourth-order valence-corrected chi connectivity index (χ4v) is 2.81. The Hall–Kier alpha value is -2.60. The fraction of sp³-hybridized carbons (Fsp3) is 0.263. The van der Waals surface area contributed by atoms with Gasteiger partial charge in [0.05, 0.1) is 25.6 Å². The summed E-state index contributed by atoms with van der Waals surface area (Å²) >= 11 is 6.18. The van der Waals surface area contributed by atoms with Crippen LogP contribution in [0.4, 0.5) is 9.18 Å². The monoisotopic (exact) mass is 378 g/mol. The Balaban J connectivity index is 2.12. The summed E-state index contributed by atoms with van der Waals surface area (Å²) in [5, 5.41) is 5.78. The van der Waals surface area contributed by atoms with E-state index in [1.165, 1.54) is 13.2 Å². The minimum atomic E-state index is -0.677. The van der Waals surface area contributed by atoms with Crippen LogP contribution < -0.4 is 10.6 Å². The smallest absolute Gasteiger partial charge is 0.315 e. The lowest BCUT2D eigenvalue weighted by molar-refractivity contribution is -0.141. The molecule has 2 amide bonds. The summed E-state index contributed by atoms with van der Waals surface area (Å²) in [5.41, 5.74) is 0.957. The van der Waals surface area contributed by atoms with Crippen LogP contribution in [0.15, 0.2) is 48.5 Å². The van der Waals surface area contributed by atoms with Gasteiger partial charge in [0.25, 0.3) is 0 Å². The van der Waals surface area contributed by atoms with Gasteiger partial charge in [-0.1, -0.05) is 48.0 Å². The minimum Gasteiger partial charge on any atom is -0.469 e. The van der Waals surface area contributed by atoms with E-state index in [9.17, 15) is 14.0 Å². The second-order valence-electron chi connectivity index (χ2n) is 5.72. The number of hydrogen-bond acceptors (Lipinski definition) is 3. The van der Waals surface area contributed by atoms with Crippen molar-refractivity contribution in [3.05, 3.63) is 70.5 Å². The first kappa shape index (κ1) is 19.7. The van der Waals surface area contributed by atoms with Gasteiger partial charge in [-0.25, -0.2) is 9.18 Å². The highest BCUT2D eigenvalue weighted by Crippen LogP contribution is 2.25. The SMILES string of the molecule is COC(=O)C[C@H](NC(=O)N[C@@H](C)c1ccccc1F)c1ccccc1Cl. The largest absolute Gasteiger partial charge is 0.469 e. The van der Waals surface area contributed by atoms with Crippen LogP contribution >= 0.6 is 11.6 Å². The van der Waals surface area contributed by atoms with E-state index in [0.29, 0.717) is 16.1 Å². The molecule has 2 atom stereocenters. The molecule has 0 fully saturated rings. The summed E-state index contributed by atoms with van der Waals surface area (Å²) in [4.78, 5) is 24.1. The molecular weight excluding hydrogens is 359 g/mol. The lowest BCUT2D eigenvalue weighted by atomic mass is 10.0. The van der Waals surface area contributed by atoms with Gasteiger partial charge in [0.2, 0.25) is 0 Å². The number of urea groups is 1. The lowest BCUT2D eigenvalue weighted by Gasteiger charge is -2.22. The van der Waals surface area contributed by atoms with Crippen molar-refractivity contribution in [1.82, 2.24) is 10.6 Å². The predicted molar refractivity (Wildman–Crippen MR) is 97.3 cm³/mol. The van der Waals surface area contributed by atoms with Gasteiger partial charge in [-0.3, -0.25) is 4.79 Å². The van der Waals surface area contributed by atoms with E-state index in [1.807, 2.05) is 0 Å². The van der Waals surface area contributed by atoms with Crippen molar-refractivity contribution < 1.29 is 18.7 Å².